The van der Waals surface area contributed by atoms with Crippen molar-refractivity contribution in [3.05, 3.63) is 11.9 Å². The van der Waals surface area contributed by atoms with E-state index in [2.05, 4.69) is 0 Å². The Bertz CT molecular complexity index is 317. The highest BCUT2D eigenvalue weighted by atomic mass is 31.2. The minimum absolute atomic E-state index is 0.438. The first-order valence-corrected chi connectivity index (χ1v) is 6.98. The second kappa shape index (κ2) is 6.13. The molecule has 0 amide bonds. The van der Waals surface area contributed by atoms with Gasteiger partial charge in [0.15, 0.2) is 0 Å². The summed E-state index contributed by atoms with van der Waals surface area (Å²) in [5, 5.41) is 9.81. The van der Waals surface area contributed by atoms with Crippen LogP contribution in [0.4, 0.5) is 0 Å². The number of hydrogen-bond donors (Lipinski definition) is 3. The van der Waals surface area contributed by atoms with E-state index in [1.165, 1.54) is 0 Å². The molecule has 1 rings (SSSR count). The van der Waals surface area contributed by atoms with Gasteiger partial charge in [-0.05, 0) is 12.5 Å². The summed E-state index contributed by atoms with van der Waals surface area (Å²) in [7, 11) is 1.35. The van der Waals surface area contributed by atoms with Crippen molar-refractivity contribution >= 4 is 15.4 Å². The number of aliphatic hydroxyl groups excluding tert-OH is 1. The number of hydrogen-bond acceptors (Lipinski definition) is 4. The summed E-state index contributed by atoms with van der Waals surface area (Å²) in [6, 6.07) is -0.803. The fourth-order valence-corrected chi connectivity index (χ4v) is 1.92. The molecule has 1 saturated heterocycles. The minimum Gasteiger partial charge on any atom is -0.387 e. The monoisotopic (exact) mass is 262 g/mol. The van der Waals surface area contributed by atoms with Gasteiger partial charge in [-0.3, -0.25) is 4.57 Å². The van der Waals surface area contributed by atoms with Gasteiger partial charge in [0, 0.05) is 18.4 Å². The van der Waals surface area contributed by atoms with Crippen LogP contribution in [-0.2, 0) is 14.0 Å². The topological polar surface area (TPSA) is 96.2 Å². The molecule has 4 atom stereocenters. The first-order valence-electron chi connectivity index (χ1n) is 5.30. The molecule has 0 bridgehead atoms. The van der Waals surface area contributed by atoms with Crippen molar-refractivity contribution in [1.82, 2.24) is 0 Å². The van der Waals surface area contributed by atoms with Crippen molar-refractivity contribution in [3.63, 3.8) is 0 Å². The smallest absolute Gasteiger partial charge is 0.348 e. The second-order valence-electron chi connectivity index (χ2n) is 3.82. The summed E-state index contributed by atoms with van der Waals surface area (Å²) in [4.78, 5) is 17.3. The standard InChI is InChI=1S/C9H16BO6P/c1-2-4-15-8-7(11)6(16-9(8)10)3-5-17(12,13)14/h3,5-9,11H,2,4H2,1H3,(H2,12,13,14)/b5-3+/t6-,7+,8?,9-/m1/s1. The van der Waals surface area contributed by atoms with Crippen LogP contribution in [0.3, 0.4) is 0 Å². The molecule has 0 saturated carbocycles. The van der Waals surface area contributed by atoms with Crippen LogP contribution >= 0.6 is 7.60 Å². The van der Waals surface area contributed by atoms with E-state index in [1.54, 1.807) is 0 Å². The molecule has 0 aromatic heterocycles. The van der Waals surface area contributed by atoms with Crippen molar-refractivity contribution < 1.29 is 28.9 Å². The van der Waals surface area contributed by atoms with Gasteiger partial charge in [0.2, 0.25) is 0 Å². The normalized spacial score (nSPS) is 34.6. The largest absolute Gasteiger partial charge is 0.387 e. The zero-order chi connectivity index (χ0) is 13.1. The third kappa shape index (κ3) is 4.54. The maximum Gasteiger partial charge on any atom is 0.348 e. The van der Waals surface area contributed by atoms with E-state index in [4.69, 9.17) is 27.1 Å². The molecule has 6 nitrogen and oxygen atoms in total. The molecule has 1 heterocycles. The van der Waals surface area contributed by atoms with Crippen molar-refractivity contribution in [3.8, 4) is 0 Å². The Kier molecular flexibility index (Phi) is 5.37. The van der Waals surface area contributed by atoms with Gasteiger partial charge in [0.25, 0.3) is 0 Å². The van der Waals surface area contributed by atoms with Crippen LogP contribution in [0.1, 0.15) is 13.3 Å². The van der Waals surface area contributed by atoms with Crippen molar-refractivity contribution in [1.29, 1.82) is 0 Å². The van der Waals surface area contributed by atoms with Gasteiger partial charge >= 0.3 is 7.60 Å². The lowest BCUT2D eigenvalue weighted by atomic mass is 9.93. The third-order valence-corrected chi connectivity index (χ3v) is 2.86. The van der Waals surface area contributed by atoms with Crippen LogP contribution in [-0.4, -0.2) is 53.7 Å². The van der Waals surface area contributed by atoms with E-state index in [1.807, 2.05) is 6.92 Å². The lowest BCUT2D eigenvalue weighted by molar-refractivity contribution is -0.0190. The van der Waals surface area contributed by atoms with Gasteiger partial charge in [0.1, 0.15) is 26.2 Å². The van der Waals surface area contributed by atoms with Crippen LogP contribution in [0.25, 0.3) is 0 Å². The predicted octanol–water partition coefficient (Wildman–Crippen LogP) is -0.273. The molecule has 0 aliphatic carbocycles. The van der Waals surface area contributed by atoms with Gasteiger partial charge in [-0.15, -0.1) is 0 Å². The molecule has 1 aliphatic heterocycles. The molecule has 8 heteroatoms. The zero-order valence-corrected chi connectivity index (χ0v) is 10.4. The molecule has 0 aromatic rings. The highest BCUT2D eigenvalue weighted by Crippen LogP contribution is 2.37. The summed E-state index contributed by atoms with van der Waals surface area (Å²) in [6.45, 7) is 2.35. The Morgan fingerprint density at radius 1 is 1.53 bits per heavy atom. The van der Waals surface area contributed by atoms with Gasteiger partial charge in [-0.1, -0.05) is 6.92 Å². The SMILES string of the molecule is [B][C@@H]1O[C@H](/C=C/P(=O)(O)O)[C@H](O)C1OCCC. The molecule has 1 aliphatic rings. The number of ether oxygens (including phenoxy) is 2. The van der Waals surface area contributed by atoms with Gasteiger partial charge in [0.05, 0.1) is 0 Å². The molecule has 0 spiro atoms. The minimum atomic E-state index is -4.26. The maximum absolute atomic E-state index is 10.6. The van der Waals surface area contributed by atoms with Crippen LogP contribution in [0.2, 0.25) is 0 Å². The first kappa shape index (κ1) is 14.9. The molecule has 0 aromatic carbocycles. The Labute approximate surface area is 101 Å². The molecule has 2 radical (unpaired) electrons. The van der Waals surface area contributed by atoms with Crippen LogP contribution in [0, 0.1) is 0 Å². The Hall–Kier alpha value is -0.165. The number of aliphatic hydroxyl groups is 1. The Morgan fingerprint density at radius 3 is 2.71 bits per heavy atom. The van der Waals surface area contributed by atoms with Gasteiger partial charge in [-0.25, -0.2) is 0 Å². The van der Waals surface area contributed by atoms with E-state index in [-0.39, 0.29) is 0 Å². The molecule has 1 unspecified atom stereocenters. The highest BCUT2D eigenvalue weighted by Gasteiger charge is 2.40. The molecular weight excluding hydrogens is 246 g/mol. The zero-order valence-electron chi connectivity index (χ0n) is 9.47. The predicted molar refractivity (Wildman–Crippen MR) is 61.6 cm³/mol. The Balaban J connectivity index is 2.61. The van der Waals surface area contributed by atoms with E-state index < -0.39 is 31.9 Å². The van der Waals surface area contributed by atoms with E-state index in [9.17, 15) is 9.67 Å². The van der Waals surface area contributed by atoms with Gasteiger partial charge in [-0.2, -0.15) is 0 Å². The summed E-state index contributed by atoms with van der Waals surface area (Å²) < 4.78 is 21.1. The average Bonchev–Trinajstić information content (AvgIpc) is 2.48. The average molecular weight is 262 g/mol. The van der Waals surface area contributed by atoms with E-state index in [0.717, 1.165) is 12.5 Å². The van der Waals surface area contributed by atoms with Crippen molar-refractivity contribution in [2.24, 2.45) is 0 Å². The van der Waals surface area contributed by atoms with Crippen LogP contribution < -0.4 is 0 Å². The number of rotatable bonds is 5. The third-order valence-electron chi connectivity index (χ3n) is 2.30. The second-order valence-corrected chi connectivity index (χ2v) is 5.30. The van der Waals surface area contributed by atoms with Gasteiger partial charge < -0.3 is 24.4 Å². The van der Waals surface area contributed by atoms with E-state index in [0.29, 0.717) is 12.4 Å². The first-order chi connectivity index (χ1) is 7.85. The van der Waals surface area contributed by atoms with Crippen molar-refractivity contribution in [2.75, 3.05) is 6.61 Å². The molecule has 96 valence electrons. The van der Waals surface area contributed by atoms with Crippen LogP contribution in [0.5, 0.6) is 0 Å². The highest BCUT2D eigenvalue weighted by molar-refractivity contribution is 7.55. The van der Waals surface area contributed by atoms with E-state index >= 15 is 0 Å². The maximum atomic E-state index is 10.6. The van der Waals surface area contributed by atoms with Crippen molar-refractivity contribution in [2.45, 2.75) is 37.7 Å². The lowest BCUT2D eigenvalue weighted by Gasteiger charge is -2.18. The quantitative estimate of drug-likeness (QED) is 0.466. The molecular formula is C9H16BO6P. The molecule has 3 N–H and O–H groups in total. The lowest BCUT2D eigenvalue weighted by Crippen LogP contribution is -2.35. The summed E-state index contributed by atoms with van der Waals surface area (Å²) in [5.74, 6) is 0.690. The molecule has 17 heavy (non-hydrogen) atoms. The Morgan fingerprint density at radius 2 is 2.18 bits per heavy atom. The molecule has 1 fully saturated rings. The fraction of sp³-hybridized carbons (Fsp3) is 0.778. The van der Waals surface area contributed by atoms with Crippen LogP contribution in [0.15, 0.2) is 11.9 Å². The summed E-state index contributed by atoms with van der Waals surface area (Å²) in [6.07, 6.45) is -0.681. The fourth-order valence-electron chi connectivity index (χ4n) is 1.52. The summed E-state index contributed by atoms with van der Waals surface area (Å²) in [5.41, 5.74) is 0. The summed E-state index contributed by atoms with van der Waals surface area (Å²) >= 11 is 0.